The minimum absolute atomic E-state index is 0.314. The molecule has 2 aromatic rings. The van der Waals surface area contributed by atoms with Gasteiger partial charge in [-0.1, -0.05) is 6.07 Å². The third-order valence-corrected chi connectivity index (χ3v) is 4.98. The molecule has 0 saturated carbocycles. The van der Waals surface area contributed by atoms with E-state index in [0.717, 1.165) is 32.8 Å². The van der Waals surface area contributed by atoms with Gasteiger partial charge in [-0.05, 0) is 18.4 Å². The fourth-order valence-electron chi connectivity index (χ4n) is 2.94. The first kappa shape index (κ1) is 15.7. The third-order valence-electron chi connectivity index (χ3n) is 4.01. The van der Waals surface area contributed by atoms with Gasteiger partial charge < -0.3 is 10.1 Å². The first-order valence-corrected chi connectivity index (χ1v) is 8.67. The number of nitrogens with zero attached hydrogens (tertiary/aromatic N) is 3. The summed E-state index contributed by atoms with van der Waals surface area (Å²) in [6.07, 6.45) is 4.29. The van der Waals surface area contributed by atoms with Crippen LogP contribution in [-0.4, -0.2) is 47.0 Å². The van der Waals surface area contributed by atoms with Gasteiger partial charge in [-0.15, -0.1) is 11.3 Å². The van der Waals surface area contributed by atoms with Crippen molar-refractivity contribution in [2.24, 2.45) is 7.05 Å². The Bertz CT molecular complexity index is 568. The maximum atomic E-state index is 5.68. The Morgan fingerprint density at radius 1 is 1.55 bits per heavy atom. The average molecular weight is 320 g/mol. The number of nitrogens with one attached hydrogen (secondary N) is 1. The van der Waals surface area contributed by atoms with Crippen LogP contribution in [0.2, 0.25) is 0 Å². The molecule has 1 N–H and O–H groups in total. The van der Waals surface area contributed by atoms with Gasteiger partial charge in [0.05, 0.1) is 24.9 Å². The Hall–Kier alpha value is -1.21. The number of hydrogen-bond donors (Lipinski definition) is 1. The smallest absolute Gasteiger partial charge is 0.0674 e. The van der Waals surface area contributed by atoms with Crippen molar-refractivity contribution in [3.63, 3.8) is 0 Å². The molecule has 1 aliphatic rings. The highest BCUT2D eigenvalue weighted by molar-refractivity contribution is 7.10. The second-order valence-electron chi connectivity index (χ2n) is 5.86. The molecule has 0 unspecified atom stereocenters. The highest BCUT2D eigenvalue weighted by atomic mass is 32.1. The molecule has 0 spiro atoms. The van der Waals surface area contributed by atoms with Gasteiger partial charge in [0.15, 0.2) is 0 Å². The maximum Gasteiger partial charge on any atom is 0.0674 e. The Morgan fingerprint density at radius 2 is 2.45 bits per heavy atom. The van der Waals surface area contributed by atoms with Crippen LogP contribution in [0.3, 0.4) is 0 Å². The number of hydrogen-bond acceptors (Lipinski definition) is 5. The molecule has 0 amide bonds. The van der Waals surface area contributed by atoms with E-state index in [-0.39, 0.29) is 0 Å². The normalized spacial score (nSPS) is 21.1. The molecule has 6 heteroatoms. The minimum Gasteiger partial charge on any atom is -0.376 e. The second kappa shape index (κ2) is 7.37. The zero-order valence-corrected chi connectivity index (χ0v) is 14.1. The highest BCUT2D eigenvalue weighted by Crippen LogP contribution is 2.26. The van der Waals surface area contributed by atoms with Crippen LogP contribution >= 0.6 is 11.3 Å². The molecule has 1 aliphatic heterocycles. The standard InChI is InChI=1S/C16H24N4OS/c1-13-11-20(5-6-21-13)15(16-4-3-7-22-16)10-17-8-14-9-18-19(2)12-14/h3-4,7,9,12-13,15,17H,5-6,8,10-11H2,1-2H3/t13-,15-/m0/s1. The molecule has 1 saturated heterocycles. The Morgan fingerprint density at radius 3 is 3.14 bits per heavy atom. The summed E-state index contributed by atoms with van der Waals surface area (Å²) in [6, 6.07) is 4.79. The van der Waals surface area contributed by atoms with Crippen molar-refractivity contribution < 1.29 is 4.74 Å². The Labute approximate surface area is 135 Å². The summed E-state index contributed by atoms with van der Waals surface area (Å²) in [4.78, 5) is 3.96. The lowest BCUT2D eigenvalue weighted by Crippen LogP contribution is -2.45. The summed E-state index contributed by atoms with van der Waals surface area (Å²) in [7, 11) is 1.95. The molecule has 2 atom stereocenters. The lowest BCUT2D eigenvalue weighted by Gasteiger charge is -2.37. The quantitative estimate of drug-likeness (QED) is 0.884. The number of morpholine rings is 1. The lowest BCUT2D eigenvalue weighted by molar-refractivity contribution is -0.0339. The molecule has 3 heterocycles. The van der Waals surface area contributed by atoms with Crippen LogP contribution in [0.5, 0.6) is 0 Å². The first-order valence-electron chi connectivity index (χ1n) is 7.79. The topological polar surface area (TPSA) is 42.3 Å². The van der Waals surface area contributed by atoms with Crippen LogP contribution < -0.4 is 5.32 Å². The van der Waals surface area contributed by atoms with Gasteiger partial charge in [0.25, 0.3) is 0 Å². The van der Waals surface area contributed by atoms with Crippen molar-refractivity contribution in [2.45, 2.75) is 25.6 Å². The molecule has 0 aliphatic carbocycles. The monoisotopic (exact) mass is 320 g/mol. The van der Waals surface area contributed by atoms with E-state index in [1.54, 1.807) is 0 Å². The van der Waals surface area contributed by atoms with Crippen LogP contribution in [0.1, 0.15) is 23.4 Å². The largest absolute Gasteiger partial charge is 0.376 e. The highest BCUT2D eigenvalue weighted by Gasteiger charge is 2.25. The van der Waals surface area contributed by atoms with E-state index in [4.69, 9.17) is 4.74 Å². The van der Waals surface area contributed by atoms with E-state index in [0.29, 0.717) is 12.1 Å². The zero-order valence-electron chi connectivity index (χ0n) is 13.2. The molecule has 22 heavy (non-hydrogen) atoms. The second-order valence-corrected chi connectivity index (χ2v) is 6.84. The summed E-state index contributed by atoms with van der Waals surface area (Å²) in [5, 5.41) is 9.96. The number of ether oxygens (including phenoxy) is 1. The van der Waals surface area contributed by atoms with Gasteiger partial charge in [-0.25, -0.2) is 0 Å². The molecule has 0 radical (unpaired) electrons. The van der Waals surface area contributed by atoms with Crippen molar-refractivity contribution in [3.05, 3.63) is 40.3 Å². The predicted molar refractivity (Wildman–Crippen MR) is 89.0 cm³/mol. The number of rotatable bonds is 6. The van der Waals surface area contributed by atoms with Gasteiger partial charge in [-0.3, -0.25) is 9.58 Å². The van der Waals surface area contributed by atoms with Gasteiger partial charge in [-0.2, -0.15) is 5.10 Å². The average Bonchev–Trinajstić information content (AvgIpc) is 3.15. The van der Waals surface area contributed by atoms with Gasteiger partial charge in [0.1, 0.15) is 0 Å². The zero-order chi connectivity index (χ0) is 15.4. The SMILES string of the molecule is C[C@H]1CN([C@@H](CNCc2cnn(C)c2)c2cccs2)CCO1. The van der Waals surface area contributed by atoms with Crippen LogP contribution in [-0.2, 0) is 18.3 Å². The summed E-state index contributed by atoms with van der Waals surface area (Å²) in [6.45, 7) is 6.78. The van der Waals surface area contributed by atoms with E-state index < -0.39 is 0 Å². The van der Waals surface area contributed by atoms with Gasteiger partial charge in [0, 0.05) is 49.9 Å². The summed E-state index contributed by atoms with van der Waals surface area (Å²) >= 11 is 1.84. The molecule has 0 aromatic carbocycles. The molecule has 1 fully saturated rings. The van der Waals surface area contributed by atoms with Crippen molar-refractivity contribution >= 4 is 11.3 Å². The minimum atomic E-state index is 0.314. The first-order chi connectivity index (χ1) is 10.7. The van der Waals surface area contributed by atoms with Crippen LogP contribution in [0.4, 0.5) is 0 Å². The van der Waals surface area contributed by atoms with E-state index in [1.807, 2.05) is 29.3 Å². The van der Waals surface area contributed by atoms with Crippen LogP contribution in [0.25, 0.3) is 0 Å². The van der Waals surface area contributed by atoms with E-state index in [1.165, 1.54) is 10.4 Å². The van der Waals surface area contributed by atoms with Crippen LogP contribution in [0, 0.1) is 0 Å². The van der Waals surface area contributed by atoms with Gasteiger partial charge in [0.2, 0.25) is 0 Å². The Kier molecular flexibility index (Phi) is 5.25. The number of aromatic nitrogens is 2. The lowest BCUT2D eigenvalue weighted by atomic mass is 10.1. The van der Waals surface area contributed by atoms with E-state index in [9.17, 15) is 0 Å². The summed E-state index contributed by atoms with van der Waals surface area (Å²) in [5.41, 5.74) is 1.22. The molecule has 2 aromatic heterocycles. The predicted octanol–water partition coefficient (Wildman–Crippen LogP) is 2.03. The van der Waals surface area contributed by atoms with Gasteiger partial charge >= 0.3 is 0 Å². The summed E-state index contributed by atoms with van der Waals surface area (Å²) in [5.74, 6) is 0. The molecule has 0 bridgehead atoms. The van der Waals surface area contributed by atoms with Crippen molar-refractivity contribution in [3.8, 4) is 0 Å². The van der Waals surface area contributed by atoms with Crippen molar-refractivity contribution in [1.29, 1.82) is 0 Å². The van der Waals surface area contributed by atoms with Crippen molar-refractivity contribution in [1.82, 2.24) is 20.0 Å². The van der Waals surface area contributed by atoms with Crippen molar-refractivity contribution in [2.75, 3.05) is 26.2 Å². The molecule has 5 nitrogen and oxygen atoms in total. The molecular weight excluding hydrogens is 296 g/mol. The summed E-state index contributed by atoms with van der Waals surface area (Å²) < 4.78 is 7.53. The third kappa shape index (κ3) is 3.95. The Balaban J connectivity index is 1.61. The van der Waals surface area contributed by atoms with E-state index >= 15 is 0 Å². The molecular formula is C16H24N4OS. The number of thiophene rings is 1. The molecule has 120 valence electrons. The fourth-order valence-corrected chi connectivity index (χ4v) is 3.80. The molecule has 3 rings (SSSR count). The number of aryl methyl sites for hydroxylation is 1. The van der Waals surface area contributed by atoms with E-state index in [2.05, 4.69) is 45.9 Å². The maximum absolute atomic E-state index is 5.68. The fraction of sp³-hybridized carbons (Fsp3) is 0.562. The van der Waals surface area contributed by atoms with Crippen LogP contribution in [0.15, 0.2) is 29.9 Å².